The van der Waals surface area contributed by atoms with Gasteiger partial charge in [-0.15, -0.1) is 0 Å². The number of aliphatic hydroxyl groups is 1. The summed E-state index contributed by atoms with van der Waals surface area (Å²) in [5.74, 6) is 0.374. The van der Waals surface area contributed by atoms with Crippen LogP contribution < -0.4 is 5.32 Å². The van der Waals surface area contributed by atoms with E-state index in [1.165, 1.54) is 51.9 Å². The van der Waals surface area contributed by atoms with E-state index in [4.69, 9.17) is 0 Å². The molecule has 48 heavy (non-hydrogen) atoms. The summed E-state index contributed by atoms with van der Waals surface area (Å²) in [5, 5.41) is 12.7. The third-order valence-electron chi connectivity index (χ3n) is 8.24. The Morgan fingerprint density at radius 2 is 1.08 bits per heavy atom. The Labute approximate surface area is 297 Å². The zero-order valence-electron chi connectivity index (χ0n) is 34.3. The molecule has 0 aliphatic rings. The van der Waals surface area contributed by atoms with Gasteiger partial charge in [0.25, 0.3) is 0 Å². The predicted octanol–water partition coefficient (Wildman–Crippen LogP) is 8.12. The molecule has 0 heterocycles. The Balaban J connectivity index is -0.000000688. The maximum Gasteiger partial charge on any atom is 0.222 e. The van der Waals surface area contributed by atoms with Crippen molar-refractivity contribution in [2.75, 3.05) is 26.7 Å². The summed E-state index contributed by atoms with van der Waals surface area (Å²) >= 11 is 0. The van der Waals surface area contributed by atoms with Gasteiger partial charge in [-0.05, 0) is 81.6 Å². The first kappa shape index (κ1) is 50.2. The topological polar surface area (TPSA) is 110 Å². The lowest BCUT2D eigenvalue weighted by Gasteiger charge is -2.36. The monoisotopic (exact) mass is 685 g/mol. The lowest BCUT2D eigenvalue weighted by atomic mass is 10.0. The molecule has 0 bridgehead atoms. The molecule has 0 aliphatic carbocycles. The van der Waals surface area contributed by atoms with Gasteiger partial charge in [0.05, 0.1) is 6.10 Å². The fourth-order valence-electron chi connectivity index (χ4n) is 4.98. The third-order valence-corrected chi connectivity index (χ3v) is 8.24. The highest BCUT2D eigenvalue weighted by molar-refractivity contribution is 5.77. The largest absolute Gasteiger partial charge is 0.391 e. The van der Waals surface area contributed by atoms with Crippen molar-refractivity contribution in [3.63, 3.8) is 0 Å². The molecule has 1 atom stereocenters. The number of hydrogen-bond acceptors (Lipinski definition) is 5. The van der Waals surface area contributed by atoms with E-state index in [1.54, 1.807) is 23.6 Å². The molecule has 1 unspecified atom stereocenters. The van der Waals surface area contributed by atoms with Crippen molar-refractivity contribution in [3.05, 3.63) is 0 Å². The number of carbonyl (C=O) groups is 4. The molecule has 0 aromatic heterocycles. The number of aliphatic hydroxyl groups excluding tert-OH is 1. The average Bonchev–Trinajstić information content (AvgIpc) is 2.93. The summed E-state index contributed by atoms with van der Waals surface area (Å²) in [6.45, 7) is 29.1. The quantitative estimate of drug-likeness (QED) is 0.142. The van der Waals surface area contributed by atoms with E-state index >= 15 is 0 Å². The number of nitrogens with one attached hydrogen (secondary N) is 1. The third kappa shape index (κ3) is 28.8. The van der Waals surface area contributed by atoms with Crippen LogP contribution in [0, 0.1) is 0 Å². The number of hydrogen-bond donors (Lipinski definition) is 2. The van der Waals surface area contributed by atoms with E-state index in [1.807, 2.05) is 53.5 Å². The molecule has 0 saturated heterocycles. The first-order valence-corrected chi connectivity index (χ1v) is 18.7. The van der Waals surface area contributed by atoms with Crippen LogP contribution >= 0.6 is 0 Å². The Bertz CT molecular complexity index is 871. The molecular formula is C39H80N4O5. The van der Waals surface area contributed by atoms with Gasteiger partial charge in [-0.2, -0.15) is 0 Å². The van der Waals surface area contributed by atoms with Crippen LogP contribution in [0.5, 0.6) is 0 Å². The van der Waals surface area contributed by atoms with Crippen molar-refractivity contribution >= 4 is 23.6 Å². The molecule has 9 nitrogen and oxygen atoms in total. The maximum absolute atomic E-state index is 12.4. The zero-order valence-corrected chi connectivity index (χ0v) is 34.3. The van der Waals surface area contributed by atoms with Gasteiger partial charge in [-0.1, -0.05) is 71.6 Å². The Morgan fingerprint density at radius 1 is 0.625 bits per heavy atom. The molecule has 0 rings (SSSR count). The van der Waals surface area contributed by atoms with E-state index in [0.717, 1.165) is 32.1 Å². The van der Waals surface area contributed by atoms with Crippen LogP contribution in [0.4, 0.5) is 0 Å². The van der Waals surface area contributed by atoms with Crippen LogP contribution in [0.3, 0.4) is 0 Å². The van der Waals surface area contributed by atoms with E-state index in [9.17, 15) is 24.3 Å². The molecule has 0 fully saturated rings. The van der Waals surface area contributed by atoms with Crippen LogP contribution in [0.15, 0.2) is 0 Å². The summed E-state index contributed by atoms with van der Waals surface area (Å²) in [5.41, 5.74) is -0.405. The standard InChI is InChI=1S/C18H36N2O2.C14H29NO2.C7H15NO/c1-6-7-8-9-10-11-13-17(22)20(18(3,4)5)15-12-14-19-16(2)21;1-6-7-8-9-10-13(17)11-15(12(2)16)14(3,4)5;1-6(9)8(5)7(2,3)4/h6-15H2,1-5H3,(H,19,21);13,17H,6-11H2,1-5H3;1-5H3. The number of carbonyl (C=O) groups excluding carboxylic acids is 4. The fourth-order valence-corrected chi connectivity index (χ4v) is 4.98. The Kier molecular flexibility index (Phi) is 27.9. The van der Waals surface area contributed by atoms with E-state index in [-0.39, 0.29) is 40.2 Å². The number of unbranched alkanes of at least 4 members (excludes halogenated alkanes) is 8. The molecule has 286 valence electrons. The first-order valence-electron chi connectivity index (χ1n) is 18.7. The highest BCUT2D eigenvalue weighted by Crippen LogP contribution is 2.18. The van der Waals surface area contributed by atoms with Crippen molar-refractivity contribution in [3.8, 4) is 0 Å². The second kappa shape index (κ2) is 26.7. The van der Waals surface area contributed by atoms with Crippen LogP contribution in [-0.4, -0.2) is 92.8 Å². The van der Waals surface area contributed by atoms with Gasteiger partial charge in [-0.25, -0.2) is 0 Å². The minimum absolute atomic E-state index is 0.0132. The number of rotatable bonds is 18. The van der Waals surface area contributed by atoms with Crippen LogP contribution in [0.25, 0.3) is 0 Å². The van der Waals surface area contributed by atoms with Gasteiger partial charge in [-0.3, -0.25) is 19.2 Å². The van der Waals surface area contributed by atoms with Gasteiger partial charge in [0, 0.05) is 70.5 Å². The van der Waals surface area contributed by atoms with Crippen molar-refractivity contribution in [2.45, 2.75) is 203 Å². The summed E-state index contributed by atoms with van der Waals surface area (Å²) in [4.78, 5) is 51.0. The Hall–Kier alpha value is -2.16. The summed E-state index contributed by atoms with van der Waals surface area (Å²) in [6.07, 6.45) is 13.7. The second-order valence-electron chi connectivity index (χ2n) is 16.1. The smallest absolute Gasteiger partial charge is 0.222 e. The van der Waals surface area contributed by atoms with Crippen LogP contribution in [0.2, 0.25) is 0 Å². The first-order chi connectivity index (χ1) is 21.9. The SMILES string of the molecule is CC(=O)N(C)C(C)(C)C.CCCCCCC(O)CN(C(C)=O)C(C)(C)C.CCCCCCCCC(=O)N(CCCNC(C)=O)C(C)(C)C. The molecule has 2 N–H and O–H groups in total. The van der Waals surface area contributed by atoms with Crippen LogP contribution in [-0.2, 0) is 19.2 Å². The lowest BCUT2D eigenvalue weighted by Crippen LogP contribution is -2.48. The van der Waals surface area contributed by atoms with Crippen molar-refractivity contribution < 1.29 is 24.3 Å². The van der Waals surface area contributed by atoms with Crippen molar-refractivity contribution in [2.24, 2.45) is 0 Å². The highest BCUT2D eigenvalue weighted by Gasteiger charge is 2.26. The Morgan fingerprint density at radius 3 is 1.46 bits per heavy atom. The summed E-state index contributed by atoms with van der Waals surface area (Å²) in [6, 6.07) is 0. The van der Waals surface area contributed by atoms with E-state index in [2.05, 4.69) is 39.9 Å². The zero-order chi connectivity index (χ0) is 38.1. The minimum atomic E-state index is -0.394. The number of amides is 4. The predicted molar refractivity (Wildman–Crippen MR) is 203 cm³/mol. The molecule has 4 amide bonds. The molecule has 9 heteroatoms. The van der Waals surface area contributed by atoms with Crippen molar-refractivity contribution in [1.82, 2.24) is 20.0 Å². The van der Waals surface area contributed by atoms with Crippen LogP contribution in [0.1, 0.15) is 180 Å². The van der Waals surface area contributed by atoms with Gasteiger partial charge in [0.15, 0.2) is 0 Å². The summed E-state index contributed by atoms with van der Waals surface area (Å²) in [7, 11) is 1.81. The minimum Gasteiger partial charge on any atom is -0.391 e. The van der Waals surface area contributed by atoms with Gasteiger partial charge in [0.2, 0.25) is 23.6 Å². The van der Waals surface area contributed by atoms with Gasteiger partial charge < -0.3 is 25.1 Å². The molecule has 0 saturated carbocycles. The van der Waals surface area contributed by atoms with E-state index in [0.29, 0.717) is 26.1 Å². The van der Waals surface area contributed by atoms with Gasteiger partial charge in [0.1, 0.15) is 0 Å². The molecule has 0 spiro atoms. The molecule has 0 aromatic carbocycles. The average molecular weight is 685 g/mol. The maximum atomic E-state index is 12.4. The van der Waals surface area contributed by atoms with Gasteiger partial charge >= 0.3 is 0 Å². The van der Waals surface area contributed by atoms with Crippen molar-refractivity contribution in [1.29, 1.82) is 0 Å². The molecular weight excluding hydrogens is 604 g/mol. The fraction of sp³-hybridized carbons (Fsp3) is 0.897. The normalized spacial score (nSPS) is 12.1. The summed E-state index contributed by atoms with van der Waals surface area (Å²) < 4.78 is 0. The molecule has 0 radical (unpaired) electrons. The number of β-amino-alcohol motifs (C(OH)–C–C–N with tert-alkyl or cyclic N) is 1. The second-order valence-corrected chi connectivity index (χ2v) is 16.1. The number of nitrogens with zero attached hydrogens (tertiary/aromatic N) is 3. The van der Waals surface area contributed by atoms with E-state index < -0.39 is 6.10 Å². The molecule has 0 aliphatic heterocycles. The molecule has 0 aromatic rings. The lowest BCUT2D eigenvalue weighted by molar-refractivity contribution is -0.136. The highest BCUT2D eigenvalue weighted by atomic mass is 16.3.